The van der Waals surface area contributed by atoms with Gasteiger partial charge in [-0.1, -0.05) is 0 Å². The number of rotatable bonds is 4. The van der Waals surface area contributed by atoms with Gasteiger partial charge >= 0.3 is 0 Å². The first-order chi connectivity index (χ1) is 7.79. The molecule has 84 valence electrons. The van der Waals surface area contributed by atoms with Crippen molar-refractivity contribution in [1.29, 1.82) is 0 Å². The molecule has 0 aliphatic heterocycles. The second kappa shape index (κ2) is 5.07. The summed E-state index contributed by atoms with van der Waals surface area (Å²) in [6, 6.07) is 7.19. The highest BCUT2D eigenvalue weighted by Crippen LogP contribution is 2.22. The number of hydrogen-bond acceptors (Lipinski definition) is 2. The first-order valence-electron chi connectivity index (χ1n) is 4.98. The molecule has 0 aliphatic carbocycles. The van der Waals surface area contributed by atoms with Gasteiger partial charge in [0.15, 0.2) is 0 Å². The fraction of sp³-hybridized carbons (Fsp3) is 0.167. The van der Waals surface area contributed by atoms with Crippen LogP contribution in [0.3, 0.4) is 0 Å². The third-order valence-corrected chi connectivity index (χ3v) is 3.08. The summed E-state index contributed by atoms with van der Waals surface area (Å²) in [6.45, 7) is 0.696. The van der Waals surface area contributed by atoms with Crippen molar-refractivity contribution in [2.75, 3.05) is 11.6 Å². The van der Waals surface area contributed by atoms with E-state index in [2.05, 4.69) is 10.3 Å². The number of H-pyrrole nitrogens is 1. The van der Waals surface area contributed by atoms with Crippen LogP contribution in [0.15, 0.2) is 41.6 Å². The minimum Gasteiger partial charge on any atom is -0.381 e. The number of benzene rings is 1. The lowest BCUT2D eigenvalue weighted by Gasteiger charge is -2.06. The Kier molecular flexibility index (Phi) is 3.51. The molecule has 0 saturated carbocycles. The molecule has 0 saturated heterocycles. The van der Waals surface area contributed by atoms with Gasteiger partial charge < -0.3 is 10.3 Å². The minimum atomic E-state index is -0.174. The highest BCUT2D eigenvalue weighted by atomic mass is 32.2. The van der Waals surface area contributed by atoms with Crippen molar-refractivity contribution in [1.82, 2.24) is 4.98 Å². The molecule has 2 N–H and O–H groups in total. The molecule has 0 spiro atoms. The van der Waals surface area contributed by atoms with E-state index in [1.54, 1.807) is 6.07 Å². The zero-order valence-corrected chi connectivity index (χ0v) is 9.77. The zero-order chi connectivity index (χ0) is 11.4. The van der Waals surface area contributed by atoms with Crippen LogP contribution < -0.4 is 5.32 Å². The third kappa shape index (κ3) is 2.58. The molecule has 0 bridgehead atoms. The van der Waals surface area contributed by atoms with Crippen LogP contribution in [-0.2, 0) is 6.54 Å². The Bertz CT molecular complexity index is 454. The van der Waals surface area contributed by atoms with E-state index in [9.17, 15) is 4.39 Å². The summed E-state index contributed by atoms with van der Waals surface area (Å²) < 4.78 is 13.4. The summed E-state index contributed by atoms with van der Waals surface area (Å²) in [5.74, 6) is -0.174. The van der Waals surface area contributed by atoms with Gasteiger partial charge in [-0.25, -0.2) is 4.39 Å². The van der Waals surface area contributed by atoms with Crippen molar-refractivity contribution in [2.24, 2.45) is 0 Å². The van der Waals surface area contributed by atoms with Crippen LogP contribution in [0.1, 0.15) is 5.56 Å². The van der Waals surface area contributed by atoms with Gasteiger partial charge in [-0.05, 0) is 36.1 Å². The second-order valence-electron chi connectivity index (χ2n) is 3.42. The summed E-state index contributed by atoms with van der Waals surface area (Å²) >= 11 is 1.41. The number of halogens is 1. The van der Waals surface area contributed by atoms with Crippen molar-refractivity contribution >= 4 is 17.4 Å². The number of aromatic amines is 1. The molecule has 0 radical (unpaired) electrons. The standard InChI is InChI=1S/C12H13FN2S/c1-16-12-3-2-10(6-11(12)13)15-8-9-4-5-14-7-9/h2-7,14-15H,8H2,1H3. The van der Waals surface area contributed by atoms with E-state index < -0.39 is 0 Å². The molecule has 2 aromatic rings. The van der Waals surface area contributed by atoms with Crippen LogP contribution in [0.2, 0.25) is 0 Å². The van der Waals surface area contributed by atoms with Gasteiger partial charge in [0.2, 0.25) is 0 Å². The van der Waals surface area contributed by atoms with Crippen LogP contribution in [0.5, 0.6) is 0 Å². The normalized spacial score (nSPS) is 10.4. The molecule has 0 amide bonds. The van der Waals surface area contributed by atoms with Crippen LogP contribution in [-0.4, -0.2) is 11.2 Å². The monoisotopic (exact) mass is 236 g/mol. The number of anilines is 1. The second-order valence-corrected chi connectivity index (χ2v) is 4.27. The number of aromatic nitrogens is 1. The molecule has 0 unspecified atom stereocenters. The molecule has 2 rings (SSSR count). The van der Waals surface area contributed by atoms with Gasteiger partial charge in [0.05, 0.1) is 0 Å². The first kappa shape index (κ1) is 11.1. The lowest BCUT2D eigenvalue weighted by molar-refractivity contribution is 0.602. The van der Waals surface area contributed by atoms with Gasteiger partial charge in [-0.3, -0.25) is 0 Å². The summed E-state index contributed by atoms with van der Waals surface area (Å²) in [5, 5.41) is 3.17. The van der Waals surface area contributed by atoms with E-state index in [1.165, 1.54) is 17.8 Å². The zero-order valence-electron chi connectivity index (χ0n) is 8.96. The van der Waals surface area contributed by atoms with Crippen molar-refractivity contribution in [3.05, 3.63) is 48.0 Å². The summed E-state index contributed by atoms with van der Waals surface area (Å²) in [7, 11) is 0. The van der Waals surface area contributed by atoms with Crippen molar-refractivity contribution in [3.63, 3.8) is 0 Å². The van der Waals surface area contributed by atoms with Gasteiger partial charge in [0.25, 0.3) is 0 Å². The summed E-state index contributed by atoms with van der Waals surface area (Å²) in [5.41, 5.74) is 1.95. The van der Waals surface area contributed by atoms with Crippen molar-refractivity contribution < 1.29 is 4.39 Å². The lowest BCUT2D eigenvalue weighted by Crippen LogP contribution is -1.98. The van der Waals surface area contributed by atoms with Gasteiger partial charge in [0.1, 0.15) is 5.82 Å². The Morgan fingerprint density at radius 1 is 1.38 bits per heavy atom. The molecule has 1 heterocycles. The highest BCUT2D eigenvalue weighted by molar-refractivity contribution is 7.98. The fourth-order valence-corrected chi connectivity index (χ4v) is 1.91. The average molecular weight is 236 g/mol. The van der Waals surface area contributed by atoms with Crippen molar-refractivity contribution in [3.8, 4) is 0 Å². The molecule has 2 nitrogen and oxygen atoms in total. The Balaban J connectivity index is 2.02. The maximum absolute atomic E-state index is 13.4. The smallest absolute Gasteiger partial charge is 0.138 e. The molecular formula is C12H13FN2S. The van der Waals surface area contributed by atoms with Crippen LogP contribution >= 0.6 is 11.8 Å². The third-order valence-electron chi connectivity index (χ3n) is 2.31. The maximum Gasteiger partial charge on any atom is 0.138 e. The molecule has 0 fully saturated rings. The molecule has 16 heavy (non-hydrogen) atoms. The molecule has 0 aliphatic rings. The molecule has 4 heteroatoms. The quantitative estimate of drug-likeness (QED) is 0.795. The summed E-state index contributed by atoms with van der Waals surface area (Å²) in [4.78, 5) is 3.65. The molecule has 1 aromatic carbocycles. The number of nitrogens with one attached hydrogen (secondary N) is 2. The average Bonchev–Trinajstić information content (AvgIpc) is 2.79. The van der Waals surface area contributed by atoms with E-state index >= 15 is 0 Å². The van der Waals surface area contributed by atoms with E-state index in [0.717, 1.165) is 11.3 Å². The first-order valence-corrected chi connectivity index (χ1v) is 6.21. The van der Waals surface area contributed by atoms with E-state index in [0.29, 0.717) is 11.4 Å². The maximum atomic E-state index is 13.4. The number of thioether (sulfide) groups is 1. The predicted octanol–water partition coefficient (Wildman–Crippen LogP) is 3.49. The largest absolute Gasteiger partial charge is 0.381 e. The fourth-order valence-electron chi connectivity index (χ4n) is 1.45. The topological polar surface area (TPSA) is 27.8 Å². The van der Waals surface area contributed by atoms with Crippen LogP contribution in [0.25, 0.3) is 0 Å². The van der Waals surface area contributed by atoms with Gasteiger partial charge in [-0.15, -0.1) is 11.8 Å². The van der Waals surface area contributed by atoms with Gasteiger partial charge in [0, 0.05) is 29.5 Å². The minimum absolute atomic E-state index is 0.174. The highest BCUT2D eigenvalue weighted by Gasteiger charge is 2.02. The van der Waals surface area contributed by atoms with E-state index in [-0.39, 0.29) is 5.82 Å². The van der Waals surface area contributed by atoms with Crippen LogP contribution in [0, 0.1) is 5.82 Å². The lowest BCUT2D eigenvalue weighted by atomic mass is 10.3. The predicted molar refractivity (Wildman–Crippen MR) is 66.3 cm³/mol. The Morgan fingerprint density at radius 2 is 2.25 bits per heavy atom. The SMILES string of the molecule is CSc1ccc(NCc2cc[nH]c2)cc1F. The van der Waals surface area contributed by atoms with E-state index in [1.807, 2.05) is 30.8 Å². The Morgan fingerprint density at radius 3 is 2.88 bits per heavy atom. The van der Waals surface area contributed by atoms with E-state index in [4.69, 9.17) is 0 Å². The van der Waals surface area contributed by atoms with Gasteiger partial charge in [-0.2, -0.15) is 0 Å². The molecular weight excluding hydrogens is 223 g/mol. The Hall–Kier alpha value is -1.42. The van der Waals surface area contributed by atoms with Crippen molar-refractivity contribution in [2.45, 2.75) is 11.4 Å². The molecule has 1 aromatic heterocycles. The molecule has 0 atom stereocenters. The van der Waals surface area contributed by atoms with Crippen LogP contribution in [0.4, 0.5) is 10.1 Å². The number of hydrogen-bond donors (Lipinski definition) is 2. The Labute approximate surface area is 98.3 Å². The summed E-state index contributed by atoms with van der Waals surface area (Å²) in [6.07, 6.45) is 5.65.